The second-order valence-corrected chi connectivity index (χ2v) is 5.23. The lowest BCUT2D eigenvalue weighted by molar-refractivity contribution is -0.385. The van der Waals surface area contributed by atoms with E-state index in [1.54, 1.807) is 17.5 Å². The molecule has 8 heteroatoms. The molecule has 0 fully saturated rings. The van der Waals surface area contributed by atoms with E-state index < -0.39 is 4.92 Å². The first-order valence-electron chi connectivity index (χ1n) is 5.01. The Morgan fingerprint density at radius 2 is 2.28 bits per heavy atom. The van der Waals surface area contributed by atoms with E-state index in [9.17, 15) is 10.1 Å². The summed E-state index contributed by atoms with van der Waals surface area (Å²) in [4.78, 5) is 19.2. The molecule has 2 rings (SSSR count). The Balaban J connectivity index is 2.08. The first kappa shape index (κ1) is 12.7. The van der Waals surface area contributed by atoms with Crippen LogP contribution in [0, 0.1) is 17.0 Å². The fourth-order valence-corrected chi connectivity index (χ4v) is 2.25. The van der Waals surface area contributed by atoms with Crippen molar-refractivity contribution in [1.29, 1.82) is 0 Å². The zero-order chi connectivity index (χ0) is 13.1. The normalized spacial score (nSPS) is 10.3. The van der Waals surface area contributed by atoms with Crippen molar-refractivity contribution in [3.63, 3.8) is 0 Å². The van der Waals surface area contributed by atoms with E-state index >= 15 is 0 Å². The standard InChI is InChI=1S/C10H9ClN4O2S/c1-6-3-12-9(18-6)5-14-10-8(11)2-7(4-13-10)15(16)17/h2-4H,5H2,1H3,(H,13,14). The molecule has 2 aromatic heterocycles. The van der Waals surface area contributed by atoms with Crippen molar-refractivity contribution in [3.8, 4) is 0 Å². The van der Waals surface area contributed by atoms with Crippen LogP contribution in [-0.2, 0) is 6.54 Å². The number of halogens is 1. The molecule has 94 valence electrons. The Hall–Kier alpha value is -1.73. The molecule has 0 saturated carbocycles. The van der Waals surface area contributed by atoms with E-state index in [1.807, 2.05) is 6.92 Å². The van der Waals surface area contributed by atoms with Gasteiger partial charge in [0.1, 0.15) is 17.0 Å². The molecule has 0 radical (unpaired) electrons. The van der Waals surface area contributed by atoms with Crippen LogP contribution in [0.2, 0.25) is 5.02 Å². The summed E-state index contributed by atoms with van der Waals surface area (Å²) in [5.41, 5.74) is -0.129. The minimum absolute atomic E-state index is 0.129. The third-order valence-corrected chi connectivity index (χ3v) is 3.31. The van der Waals surface area contributed by atoms with Gasteiger partial charge < -0.3 is 5.32 Å². The van der Waals surface area contributed by atoms with E-state index in [1.165, 1.54) is 12.3 Å². The summed E-state index contributed by atoms with van der Waals surface area (Å²) in [6.07, 6.45) is 2.95. The number of anilines is 1. The zero-order valence-corrected chi connectivity index (χ0v) is 11.0. The van der Waals surface area contributed by atoms with Gasteiger partial charge in [0.05, 0.1) is 16.5 Å². The molecule has 18 heavy (non-hydrogen) atoms. The highest BCUT2D eigenvalue weighted by atomic mass is 35.5. The smallest absolute Gasteiger partial charge is 0.289 e. The number of nitro groups is 1. The monoisotopic (exact) mass is 284 g/mol. The topological polar surface area (TPSA) is 81.0 Å². The van der Waals surface area contributed by atoms with Gasteiger partial charge >= 0.3 is 0 Å². The van der Waals surface area contributed by atoms with Crippen LogP contribution >= 0.6 is 22.9 Å². The Bertz CT molecular complexity index is 587. The van der Waals surface area contributed by atoms with Gasteiger partial charge in [0.25, 0.3) is 5.69 Å². The number of nitrogens with zero attached hydrogens (tertiary/aromatic N) is 3. The van der Waals surface area contributed by atoms with Gasteiger partial charge in [-0.3, -0.25) is 10.1 Å². The van der Waals surface area contributed by atoms with Crippen LogP contribution in [0.4, 0.5) is 11.5 Å². The summed E-state index contributed by atoms with van der Waals surface area (Å²) in [6.45, 7) is 2.46. The van der Waals surface area contributed by atoms with Gasteiger partial charge in [0.2, 0.25) is 0 Å². The molecule has 0 aromatic carbocycles. The fourth-order valence-electron chi connectivity index (χ4n) is 1.30. The van der Waals surface area contributed by atoms with Gasteiger partial charge in [0, 0.05) is 17.1 Å². The van der Waals surface area contributed by atoms with Crippen LogP contribution in [-0.4, -0.2) is 14.9 Å². The molecule has 6 nitrogen and oxygen atoms in total. The van der Waals surface area contributed by atoms with E-state index in [4.69, 9.17) is 11.6 Å². The number of nitrogens with one attached hydrogen (secondary N) is 1. The molecular formula is C10H9ClN4O2S. The second kappa shape index (κ2) is 5.28. The van der Waals surface area contributed by atoms with Gasteiger partial charge in [-0.15, -0.1) is 11.3 Å². The molecule has 0 unspecified atom stereocenters. The van der Waals surface area contributed by atoms with E-state index in [0.29, 0.717) is 12.4 Å². The summed E-state index contributed by atoms with van der Waals surface area (Å²) in [6, 6.07) is 1.27. The molecule has 0 aliphatic rings. The lowest BCUT2D eigenvalue weighted by Gasteiger charge is -2.04. The van der Waals surface area contributed by atoms with Crippen molar-refractivity contribution in [1.82, 2.24) is 9.97 Å². The molecule has 1 N–H and O–H groups in total. The number of rotatable bonds is 4. The van der Waals surface area contributed by atoms with Crippen molar-refractivity contribution in [2.75, 3.05) is 5.32 Å². The molecular weight excluding hydrogens is 276 g/mol. The lowest BCUT2D eigenvalue weighted by atomic mass is 10.4. The Morgan fingerprint density at radius 1 is 1.50 bits per heavy atom. The van der Waals surface area contributed by atoms with Crippen LogP contribution in [0.3, 0.4) is 0 Å². The summed E-state index contributed by atoms with van der Waals surface area (Å²) in [7, 11) is 0. The second-order valence-electron chi connectivity index (χ2n) is 3.50. The van der Waals surface area contributed by atoms with Crippen molar-refractivity contribution < 1.29 is 4.92 Å². The lowest BCUT2D eigenvalue weighted by Crippen LogP contribution is -2.02. The summed E-state index contributed by atoms with van der Waals surface area (Å²) >= 11 is 7.47. The molecule has 0 atom stereocenters. The van der Waals surface area contributed by atoms with Crippen LogP contribution in [0.25, 0.3) is 0 Å². The Kier molecular flexibility index (Phi) is 3.73. The average Bonchev–Trinajstić information content (AvgIpc) is 2.73. The third-order valence-electron chi connectivity index (χ3n) is 2.11. The maximum absolute atomic E-state index is 10.5. The number of pyridine rings is 1. The third kappa shape index (κ3) is 2.93. The molecule has 2 aromatic rings. The highest BCUT2D eigenvalue weighted by Gasteiger charge is 2.11. The maximum Gasteiger partial charge on any atom is 0.289 e. The highest BCUT2D eigenvalue weighted by molar-refractivity contribution is 7.11. The summed E-state index contributed by atoms with van der Waals surface area (Å²) in [5, 5.41) is 14.6. The fraction of sp³-hybridized carbons (Fsp3) is 0.200. The largest absolute Gasteiger partial charge is 0.362 e. The maximum atomic E-state index is 10.5. The zero-order valence-electron chi connectivity index (χ0n) is 9.38. The van der Waals surface area contributed by atoms with Crippen LogP contribution in [0.15, 0.2) is 18.5 Å². The predicted octanol–water partition coefficient (Wildman–Crippen LogP) is 3.02. The van der Waals surface area contributed by atoms with E-state index in [2.05, 4.69) is 15.3 Å². The van der Waals surface area contributed by atoms with Crippen molar-refractivity contribution in [3.05, 3.63) is 43.5 Å². The molecule has 0 aliphatic heterocycles. The van der Waals surface area contributed by atoms with E-state index in [0.717, 1.165) is 9.88 Å². The van der Waals surface area contributed by atoms with Crippen LogP contribution in [0.1, 0.15) is 9.88 Å². The average molecular weight is 285 g/mol. The quantitative estimate of drug-likeness (QED) is 0.689. The summed E-state index contributed by atoms with van der Waals surface area (Å²) in [5.74, 6) is 0.412. The number of aromatic nitrogens is 2. The Labute approximate surface area is 112 Å². The van der Waals surface area contributed by atoms with Gasteiger partial charge in [-0.05, 0) is 6.92 Å². The number of aryl methyl sites for hydroxylation is 1. The van der Waals surface area contributed by atoms with Gasteiger partial charge in [0.15, 0.2) is 0 Å². The number of thiazole rings is 1. The van der Waals surface area contributed by atoms with Crippen molar-refractivity contribution >= 4 is 34.4 Å². The predicted molar refractivity (Wildman–Crippen MR) is 70.1 cm³/mol. The number of hydrogen-bond acceptors (Lipinski definition) is 6. The summed E-state index contributed by atoms with van der Waals surface area (Å²) < 4.78 is 0. The minimum atomic E-state index is -0.535. The van der Waals surface area contributed by atoms with Crippen LogP contribution in [0.5, 0.6) is 0 Å². The SMILES string of the molecule is Cc1cnc(CNc2ncc([N+](=O)[O-])cc2Cl)s1. The first-order chi connectivity index (χ1) is 8.56. The molecule has 0 aliphatic carbocycles. The molecule has 0 bridgehead atoms. The van der Waals surface area contributed by atoms with Crippen molar-refractivity contribution in [2.24, 2.45) is 0 Å². The van der Waals surface area contributed by atoms with Gasteiger partial charge in [-0.1, -0.05) is 11.6 Å². The molecule has 0 saturated heterocycles. The van der Waals surface area contributed by atoms with Gasteiger partial charge in [-0.2, -0.15) is 0 Å². The number of hydrogen-bond donors (Lipinski definition) is 1. The molecule has 0 amide bonds. The van der Waals surface area contributed by atoms with Crippen molar-refractivity contribution in [2.45, 2.75) is 13.5 Å². The van der Waals surface area contributed by atoms with Crippen LogP contribution < -0.4 is 5.32 Å². The minimum Gasteiger partial charge on any atom is -0.362 e. The van der Waals surface area contributed by atoms with E-state index in [-0.39, 0.29) is 10.7 Å². The first-order valence-corrected chi connectivity index (χ1v) is 6.21. The molecule has 0 spiro atoms. The highest BCUT2D eigenvalue weighted by Crippen LogP contribution is 2.24. The van der Waals surface area contributed by atoms with Gasteiger partial charge in [-0.25, -0.2) is 9.97 Å². The Morgan fingerprint density at radius 3 is 2.83 bits per heavy atom. The molecule has 2 heterocycles.